The molecule has 0 saturated carbocycles. The molecule has 120 valence electrons. The molecule has 1 aromatic heterocycles. The van der Waals surface area contributed by atoms with Crippen LogP contribution in [0.5, 0.6) is 5.75 Å². The van der Waals surface area contributed by atoms with Gasteiger partial charge in [-0.15, -0.1) is 0 Å². The van der Waals surface area contributed by atoms with Gasteiger partial charge in [0.2, 0.25) is 0 Å². The van der Waals surface area contributed by atoms with E-state index in [4.69, 9.17) is 0 Å². The number of phenolic OH excluding ortho intramolecular Hbond substituents is 1. The molecule has 0 bridgehead atoms. The summed E-state index contributed by atoms with van der Waals surface area (Å²) in [7, 11) is 1.89. The Morgan fingerprint density at radius 1 is 1.00 bits per heavy atom. The Labute approximate surface area is 133 Å². The SMILES string of the molecule is Cn1ccc(Nc2cc(C(C)(C)C)c(O)c(C(C)(C)C)c2)n1. The lowest BCUT2D eigenvalue weighted by Gasteiger charge is -2.28. The summed E-state index contributed by atoms with van der Waals surface area (Å²) in [6.07, 6.45) is 1.90. The highest BCUT2D eigenvalue weighted by Crippen LogP contribution is 2.41. The van der Waals surface area contributed by atoms with Crippen LogP contribution in [0.4, 0.5) is 11.5 Å². The Kier molecular flexibility index (Phi) is 3.98. The molecular formula is C18H27N3O. The fourth-order valence-corrected chi connectivity index (χ4v) is 2.48. The maximum atomic E-state index is 10.7. The first-order valence-corrected chi connectivity index (χ1v) is 7.63. The monoisotopic (exact) mass is 301 g/mol. The second-order valence-electron chi connectivity index (χ2n) is 7.92. The van der Waals surface area contributed by atoms with E-state index in [1.807, 2.05) is 31.4 Å². The third kappa shape index (κ3) is 3.43. The first-order valence-electron chi connectivity index (χ1n) is 7.63. The third-order valence-electron chi connectivity index (χ3n) is 3.71. The van der Waals surface area contributed by atoms with E-state index in [-0.39, 0.29) is 10.8 Å². The summed E-state index contributed by atoms with van der Waals surface area (Å²) in [5, 5.41) is 18.4. The van der Waals surface area contributed by atoms with Crippen LogP contribution >= 0.6 is 0 Å². The lowest BCUT2D eigenvalue weighted by atomic mass is 9.79. The molecule has 0 unspecified atom stereocenters. The molecule has 0 fully saturated rings. The van der Waals surface area contributed by atoms with Gasteiger partial charge >= 0.3 is 0 Å². The molecule has 1 aromatic carbocycles. The van der Waals surface area contributed by atoms with Crippen LogP contribution in [-0.4, -0.2) is 14.9 Å². The van der Waals surface area contributed by atoms with Gasteiger partial charge in [0.05, 0.1) is 0 Å². The molecule has 4 heteroatoms. The molecule has 0 aliphatic heterocycles. The molecular weight excluding hydrogens is 274 g/mol. The molecule has 4 nitrogen and oxygen atoms in total. The van der Waals surface area contributed by atoms with E-state index in [9.17, 15) is 5.11 Å². The van der Waals surface area contributed by atoms with Gasteiger partial charge in [-0.05, 0) is 23.0 Å². The average Bonchev–Trinajstić information content (AvgIpc) is 2.74. The van der Waals surface area contributed by atoms with Gasteiger partial charge in [-0.2, -0.15) is 5.10 Å². The Bertz CT molecular complexity index is 637. The van der Waals surface area contributed by atoms with E-state index in [1.165, 1.54) is 0 Å². The minimum absolute atomic E-state index is 0.133. The average molecular weight is 301 g/mol. The van der Waals surface area contributed by atoms with E-state index in [2.05, 4.69) is 52.0 Å². The summed E-state index contributed by atoms with van der Waals surface area (Å²) in [6, 6.07) is 5.96. The number of benzene rings is 1. The molecule has 0 radical (unpaired) electrons. The van der Waals surface area contributed by atoms with Crippen molar-refractivity contribution in [3.05, 3.63) is 35.5 Å². The maximum absolute atomic E-state index is 10.7. The minimum Gasteiger partial charge on any atom is -0.507 e. The summed E-state index contributed by atoms with van der Waals surface area (Å²) in [6.45, 7) is 12.7. The summed E-state index contributed by atoms with van der Waals surface area (Å²) < 4.78 is 1.76. The van der Waals surface area contributed by atoms with Crippen LogP contribution < -0.4 is 5.32 Å². The van der Waals surface area contributed by atoms with Gasteiger partial charge in [-0.1, -0.05) is 41.5 Å². The Hall–Kier alpha value is -1.97. The number of anilines is 2. The number of aromatic nitrogens is 2. The predicted octanol–water partition coefficient (Wildman–Crippen LogP) is 4.46. The number of hydrogen-bond donors (Lipinski definition) is 2. The van der Waals surface area contributed by atoms with Crippen LogP contribution in [0.3, 0.4) is 0 Å². The molecule has 2 N–H and O–H groups in total. The van der Waals surface area contributed by atoms with E-state index in [1.54, 1.807) is 4.68 Å². The highest BCUT2D eigenvalue weighted by atomic mass is 16.3. The molecule has 2 aromatic rings. The van der Waals surface area contributed by atoms with Gasteiger partial charge in [0.15, 0.2) is 5.82 Å². The molecule has 22 heavy (non-hydrogen) atoms. The van der Waals surface area contributed by atoms with Crippen LogP contribution in [0.1, 0.15) is 52.7 Å². The largest absolute Gasteiger partial charge is 0.507 e. The van der Waals surface area contributed by atoms with Crippen molar-refractivity contribution >= 4 is 11.5 Å². The minimum atomic E-state index is -0.133. The molecule has 0 amide bonds. The molecule has 0 spiro atoms. The number of nitrogens with one attached hydrogen (secondary N) is 1. The van der Waals surface area contributed by atoms with Gasteiger partial charge in [0, 0.05) is 36.1 Å². The van der Waals surface area contributed by atoms with Crippen LogP contribution in [0.15, 0.2) is 24.4 Å². The maximum Gasteiger partial charge on any atom is 0.152 e. The first kappa shape index (κ1) is 16.4. The second kappa shape index (κ2) is 5.34. The van der Waals surface area contributed by atoms with Crippen molar-refractivity contribution in [3.8, 4) is 5.75 Å². The van der Waals surface area contributed by atoms with Crippen molar-refractivity contribution in [2.75, 3.05) is 5.32 Å². The first-order chi connectivity index (χ1) is 9.98. The van der Waals surface area contributed by atoms with E-state index in [0.29, 0.717) is 5.75 Å². The standard InChI is InChI=1S/C18H27N3O/c1-17(2,3)13-10-12(19-15-8-9-21(7)20-15)11-14(16(13)22)18(4,5)6/h8-11,22H,1-7H3,(H,19,20). The number of aromatic hydroxyl groups is 1. The summed E-state index contributed by atoms with van der Waals surface area (Å²) in [5.74, 6) is 1.19. The number of phenols is 1. The zero-order valence-corrected chi connectivity index (χ0v) is 14.7. The molecule has 2 rings (SSSR count). The van der Waals surface area contributed by atoms with Gasteiger partial charge in [0.25, 0.3) is 0 Å². The van der Waals surface area contributed by atoms with Crippen molar-refractivity contribution in [1.29, 1.82) is 0 Å². The third-order valence-corrected chi connectivity index (χ3v) is 3.71. The van der Waals surface area contributed by atoms with Gasteiger partial charge in [0.1, 0.15) is 5.75 Å². The van der Waals surface area contributed by atoms with Gasteiger partial charge in [-0.3, -0.25) is 4.68 Å². The van der Waals surface area contributed by atoms with Crippen LogP contribution in [-0.2, 0) is 17.9 Å². The zero-order valence-electron chi connectivity index (χ0n) is 14.7. The lowest BCUT2D eigenvalue weighted by molar-refractivity contribution is 0.423. The fraction of sp³-hybridized carbons (Fsp3) is 0.500. The number of aryl methyl sites for hydroxylation is 1. The fourth-order valence-electron chi connectivity index (χ4n) is 2.48. The molecule has 0 atom stereocenters. The topological polar surface area (TPSA) is 50.1 Å². The summed E-state index contributed by atoms with van der Waals surface area (Å²) in [4.78, 5) is 0. The van der Waals surface area contributed by atoms with Crippen LogP contribution in [0.25, 0.3) is 0 Å². The molecule has 0 aliphatic rings. The smallest absolute Gasteiger partial charge is 0.152 e. The molecule has 0 saturated heterocycles. The van der Waals surface area contributed by atoms with Gasteiger partial charge in [-0.25, -0.2) is 0 Å². The lowest BCUT2D eigenvalue weighted by Crippen LogP contribution is -2.17. The summed E-state index contributed by atoms with van der Waals surface area (Å²) in [5.41, 5.74) is 2.57. The normalized spacial score (nSPS) is 12.5. The molecule has 0 aliphatic carbocycles. The van der Waals surface area contributed by atoms with Crippen LogP contribution in [0, 0.1) is 0 Å². The predicted molar refractivity (Wildman–Crippen MR) is 92.0 cm³/mol. The Balaban J connectivity index is 2.55. The van der Waals surface area contributed by atoms with E-state index >= 15 is 0 Å². The van der Waals surface area contributed by atoms with Crippen molar-refractivity contribution in [2.45, 2.75) is 52.4 Å². The quantitative estimate of drug-likeness (QED) is 0.805. The van der Waals surface area contributed by atoms with Crippen molar-refractivity contribution in [2.24, 2.45) is 7.05 Å². The van der Waals surface area contributed by atoms with Gasteiger partial charge < -0.3 is 10.4 Å². The van der Waals surface area contributed by atoms with Crippen molar-refractivity contribution < 1.29 is 5.11 Å². The number of nitrogens with zero attached hydrogens (tertiary/aromatic N) is 2. The van der Waals surface area contributed by atoms with E-state index in [0.717, 1.165) is 22.6 Å². The zero-order chi connectivity index (χ0) is 16.7. The number of hydrogen-bond acceptors (Lipinski definition) is 3. The summed E-state index contributed by atoms with van der Waals surface area (Å²) >= 11 is 0. The number of rotatable bonds is 2. The second-order valence-corrected chi connectivity index (χ2v) is 7.92. The molecule has 1 heterocycles. The van der Waals surface area contributed by atoms with Crippen molar-refractivity contribution in [3.63, 3.8) is 0 Å². The Morgan fingerprint density at radius 2 is 1.50 bits per heavy atom. The Morgan fingerprint density at radius 3 is 1.86 bits per heavy atom. The highest BCUT2D eigenvalue weighted by Gasteiger charge is 2.26. The van der Waals surface area contributed by atoms with E-state index < -0.39 is 0 Å². The van der Waals surface area contributed by atoms with Crippen molar-refractivity contribution in [1.82, 2.24) is 9.78 Å². The highest BCUT2D eigenvalue weighted by molar-refractivity contribution is 5.63. The van der Waals surface area contributed by atoms with Crippen LogP contribution in [0.2, 0.25) is 0 Å².